The number of fused-ring (bicyclic) bond motifs is 2. The summed E-state index contributed by atoms with van der Waals surface area (Å²) in [5, 5.41) is 2.56. The number of hydrogen-bond acceptors (Lipinski definition) is 2. The van der Waals surface area contributed by atoms with Crippen LogP contribution in [0.15, 0.2) is 18.2 Å². The van der Waals surface area contributed by atoms with Gasteiger partial charge in [-0.15, -0.1) is 0 Å². The van der Waals surface area contributed by atoms with E-state index in [4.69, 9.17) is 0 Å². The Morgan fingerprint density at radius 3 is 2.43 bits per heavy atom. The van der Waals surface area contributed by atoms with Gasteiger partial charge in [0.05, 0.1) is 15.9 Å². The van der Waals surface area contributed by atoms with Crippen LogP contribution in [0.1, 0.15) is 33.6 Å². The number of halogens is 3. The van der Waals surface area contributed by atoms with Gasteiger partial charge in [0.25, 0.3) is 0 Å². The quantitative estimate of drug-likeness (QED) is 0.780. The summed E-state index contributed by atoms with van der Waals surface area (Å²) in [5.74, 6) is -1.92. The Kier molecular flexibility index (Phi) is 3.49. The minimum Gasteiger partial charge on any atom is -0.323 e. The lowest BCUT2D eigenvalue weighted by molar-refractivity contribution is -0.130. The number of carbonyl (C=O) groups excluding carboxylic acids is 2. The van der Waals surface area contributed by atoms with E-state index in [0.717, 1.165) is 12.1 Å². The fourth-order valence-corrected chi connectivity index (χ4v) is 5.79. The summed E-state index contributed by atoms with van der Waals surface area (Å²) in [4.78, 5) is 25.0. The van der Waals surface area contributed by atoms with Crippen LogP contribution in [0, 0.1) is 27.9 Å². The van der Waals surface area contributed by atoms with Gasteiger partial charge in [0.2, 0.25) is 5.91 Å². The topological polar surface area (TPSA) is 46.2 Å². The van der Waals surface area contributed by atoms with Crippen molar-refractivity contribution in [2.75, 3.05) is 5.32 Å². The molecule has 3 unspecified atom stereocenters. The third kappa shape index (κ3) is 1.84. The number of ketones is 1. The maximum atomic E-state index is 13.8. The van der Waals surface area contributed by atoms with E-state index in [0.29, 0.717) is 12.8 Å². The van der Waals surface area contributed by atoms with E-state index < -0.39 is 38.6 Å². The zero-order chi connectivity index (χ0) is 17.2. The van der Waals surface area contributed by atoms with Crippen molar-refractivity contribution in [3.05, 3.63) is 29.8 Å². The van der Waals surface area contributed by atoms with Crippen LogP contribution in [-0.4, -0.2) is 16.5 Å². The molecule has 1 N–H and O–H groups in total. The van der Waals surface area contributed by atoms with E-state index in [2.05, 4.69) is 21.2 Å². The van der Waals surface area contributed by atoms with Crippen molar-refractivity contribution >= 4 is 33.3 Å². The molecule has 2 fully saturated rings. The number of nitrogens with one attached hydrogen (secondary N) is 1. The average molecular weight is 386 g/mol. The number of rotatable bonds is 2. The molecular formula is C17H18BrF2NO2. The van der Waals surface area contributed by atoms with Gasteiger partial charge in [-0.05, 0) is 30.4 Å². The predicted molar refractivity (Wildman–Crippen MR) is 86.3 cm³/mol. The largest absolute Gasteiger partial charge is 0.323 e. The van der Waals surface area contributed by atoms with Crippen molar-refractivity contribution in [2.45, 2.75) is 38.4 Å². The summed E-state index contributed by atoms with van der Waals surface area (Å²) in [6.45, 7) is 5.73. The fourth-order valence-electron chi connectivity index (χ4n) is 4.28. The molecule has 0 aliphatic heterocycles. The van der Waals surface area contributed by atoms with E-state index in [-0.39, 0.29) is 11.5 Å². The summed E-state index contributed by atoms with van der Waals surface area (Å²) >= 11 is 3.41. The molecular weight excluding hydrogens is 368 g/mol. The first-order valence-electron chi connectivity index (χ1n) is 7.53. The zero-order valence-corrected chi connectivity index (χ0v) is 14.8. The number of hydrogen-bond donors (Lipinski definition) is 1. The highest BCUT2D eigenvalue weighted by Gasteiger charge is 2.76. The number of alkyl halides is 1. The van der Waals surface area contributed by atoms with Crippen LogP contribution in [0.5, 0.6) is 0 Å². The number of benzene rings is 1. The molecule has 1 amide bonds. The normalized spacial score (nSPS) is 34.7. The van der Waals surface area contributed by atoms with Gasteiger partial charge in [0.15, 0.2) is 5.78 Å². The van der Waals surface area contributed by atoms with Crippen molar-refractivity contribution in [3.8, 4) is 0 Å². The second-order valence-electron chi connectivity index (χ2n) is 7.23. The molecule has 3 rings (SSSR count). The molecule has 124 valence electrons. The van der Waals surface area contributed by atoms with Crippen LogP contribution < -0.4 is 5.32 Å². The number of Topliss-reactive ketones (excluding diaryl/α,β-unsaturated/α-hetero) is 1. The van der Waals surface area contributed by atoms with Gasteiger partial charge in [0.1, 0.15) is 11.6 Å². The fraction of sp³-hybridized carbons (Fsp3) is 0.529. The molecule has 3 nitrogen and oxygen atoms in total. The Hall–Kier alpha value is -1.30. The summed E-state index contributed by atoms with van der Waals surface area (Å²) < 4.78 is 26.9. The van der Waals surface area contributed by atoms with E-state index in [1.54, 1.807) is 0 Å². The van der Waals surface area contributed by atoms with E-state index in [1.807, 2.05) is 20.8 Å². The molecule has 2 saturated carbocycles. The Morgan fingerprint density at radius 1 is 1.26 bits per heavy atom. The van der Waals surface area contributed by atoms with Crippen molar-refractivity contribution in [3.63, 3.8) is 0 Å². The molecule has 2 aliphatic carbocycles. The van der Waals surface area contributed by atoms with Crippen LogP contribution >= 0.6 is 15.9 Å². The third-order valence-corrected chi connectivity index (χ3v) is 7.50. The Bertz CT molecular complexity index is 721. The highest BCUT2D eigenvalue weighted by molar-refractivity contribution is 9.10. The van der Waals surface area contributed by atoms with Crippen LogP contribution in [0.3, 0.4) is 0 Å². The van der Waals surface area contributed by atoms with E-state index in [9.17, 15) is 18.4 Å². The molecule has 1 aromatic rings. The van der Waals surface area contributed by atoms with E-state index >= 15 is 0 Å². The second kappa shape index (κ2) is 4.85. The lowest BCUT2D eigenvalue weighted by atomic mass is 9.64. The van der Waals surface area contributed by atoms with Crippen LogP contribution in [0.25, 0.3) is 0 Å². The highest BCUT2D eigenvalue weighted by atomic mass is 79.9. The molecule has 6 heteroatoms. The van der Waals surface area contributed by atoms with Crippen molar-refractivity contribution in [1.29, 1.82) is 0 Å². The molecule has 0 aromatic heterocycles. The Morgan fingerprint density at radius 2 is 1.91 bits per heavy atom. The van der Waals surface area contributed by atoms with Gasteiger partial charge in [-0.3, -0.25) is 9.59 Å². The second-order valence-corrected chi connectivity index (χ2v) is 8.15. The molecule has 1 aromatic carbocycles. The molecule has 0 radical (unpaired) electrons. The van der Waals surface area contributed by atoms with E-state index in [1.165, 1.54) is 6.07 Å². The molecule has 2 aliphatic rings. The van der Waals surface area contributed by atoms with Gasteiger partial charge in [-0.1, -0.05) is 36.7 Å². The lowest BCUT2D eigenvalue weighted by Gasteiger charge is -2.39. The molecule has 23 heavy (non-hydrogen) atoms. The standard InChI is InChI=1S/C17H18BrF2NO2/c1-15(2)16(3)6-7-17(15,12(18)13(16)22)14(23)21-11-5-4-9(19)8-10(11)20/h4-5,8,12H,6-7H2,1-3H3,(H,21,23). The monoisotopic (exact) mass is 385 g/mol. The summed E-state index contributed by atoms with van der Waals surface area (Å²) in [5.41, 5.74) is -2.17. The third-order valence-electron chi connectivity index (χ3n) is 6.31. The van der Waals surface area contributed by atoms with Gasteiger partial charge < -0.3 is 5.32 Å². The summed E-state index contributed by atoms with van der Waals surface area (Å²) in [6, 6.07) is 3.01. The smallest absolute Gasteiger partial charge is 0.232 e. The Balaban J connectivity index is 2.00. The molecule has 3 atom stereocenters. The first kappa shape index (κ1) is 16.6. The number of carbonyl (C=O) groups is 2. The van der Waals surface area contributed by atoms with Gasteiger partial charge in [-0.25, -0.2) is 8.78 Å². The molecule has 2 bridgehead atoms. The minimum absolute atomic E-state index is 0.0171. The maximum Gasteiger partial charge on any atom is 0.232 e. The first-order chi connectivity index (χ1) is 10.6. The summed E-state index contributed by atoms with van der Waals surface area (Å²) in [7, 11) is 0. The van der Waals surface area contributed by atoms with Crippen molar-refractivity contribution in [2.24, 2.45) is 16.2 Å². The highest BCUT2D eigenvalue weighted by Crippen LogP contribution is 2.72. The minimum atomic E-state index is -0.945. The van der Waals surface area contributed by atoms with Crippen molar-refractivity contribution in [1.82, 2.24) is 0 Å². The van der Waals surface area contributed by atoms with Crippen LogP contribution in [0.4, 0.5) is 14.5 Å². The lowest BCUT2D eigenvalue weighted by Crippen LogP contribution is -2.48. The number of anilines is 1. The summed E-state index contributed by atoms with van der Waals surface area (Å²) in [6.07, 6.45) is 1.17. The molecule has 0 spiro atoms. The molecule has 0 saturated heterocycles. The maximum absolute atomic E-state index is 13.8. The Labute approximate surface area is 142 Å². The first-order valence-corrected chi connectivity index (χ1v) is 8.44. The van der Waals surface area contributed by atoms with Crippen molar-refractivity contribution < 1.29 is 18.4 Å². The van der Waals surface area contributed by atoms with Gasteiger partial charge >= 0.3 is 0 Å². The van der Waals surface area contributed by atoms with Gasteiger partial charge in [-0.2, -0.15) is 0 Å². The predicted octanol–water partition coefficient (Wildman–Crippen LogP) is 4.06. The number of amides is 1. The zero-order valence-electron chi connectivity index (χ0n) is 13.2. The van der Waals surface area contributed by atoms with Gasteiger partial charge in [0, 0.05) is 11.5 Å². The van der Waals surface area contributed by atoms with Crippen LogP contribution in [0.2, 0.25) is 0 Å². The van der Waals surface area contributed by atoms with Crippen LogP contribution in [-0.2, 0) is 9.59 Å². The average Bonchev–Trinajstić information content (AvgIpc) is 2.74. The SMILES string of the molecule is CC12CCC(C(=O)Nc3ccc(F)cc3F)(C(Br)C1=O)C2(C)C. The molecule has 0 heterocycles.